The van der Waals surface area contributed by atoms with Gasteiger partial charge in [-0.05, 0) is 36.8 Å². The smallest absolute Gasteiger partial charge is 0.212 e. The van der Waals surface area contributed by atoms with Crippen molar-refractivity contribution in [2.45, 2.75) is 6.42 Å². The van der Waals surface area contributed by atoms with Crippen LogP contribution in [-0.4, -0.2) is 4.98 Å². The molecule has 19 heavy (non-hydrogen) atoms. The highest BCUT2D eigenvalue weighted by atomic mass is 16.5. The van der Waals surface area contributed by atoms with E-state index in [-0.39, 0.29) is 0 Å². The second kappa shape index (κ2) is 4.92. The number of pyridine rings is 1. The Bertz CT molecular complexity index is 775. The molecule has 0 aromatic carbocycles. The maximum atomic E-state index is 5.69. The van der Waals surface area contributed by atoms with Crippen molar-refractivity contribution in [2.24, 2.45) is 4.99 Å². The molecule has 3 nitrogen and oxygen atoms in total. The maximum Gasteiger partial charge on any atom is 0.212 e. The van der Waals surface area contributed by atoms with Crippen molar-refractivity contribution in [3.05, 3.63) is 82.9 Å². The number of nitrogens with zero attached hydrogens (tertiary/aromatic N) is 2. The van der Waals surface area contributed by atoms with Crippen LogP contribution in [0.2, 0.25) is 0 Å². The molecule has 0 fully saturated rings. The summed E-state index contributed by atoms with van der Waals surface area (Å²) < 4.78 is 5.69. The first-order chi connectivity index (χ1) is 9.33. The Labute approximate surface area is 111 Å². The number of ether oxygens (including phenoxy) is 1. The highest BCUT2D eigenvalue weighted by molar-refractivity contribution is 5.41. The minimum absolute atomic E-state index is 0.352. The van der Waals surface area contributed by atoms with Gasteiger partial charge in [-0.3, -0.25) is 4.98 Å². The van der Waals surface area contributed by atoms with Crippen LogP contribution in [0.5, 0.6) is 0 Å². The third-order valence-corrected chi connectivity index (χ3v) is 2.83. The van der Waals surface area contributed by atoms with Gasteiger partial charge in [-0.25, -0.2) is 4.99 Å². The number of fused-ring (bicyclic) bond motifs is 1. The Morgan fingerprint density at radius 3 is 3.26 bits per heavy atom. The number of aromatic nitrogens is 1. The Kier molecular flexibility index (Phi) is 2.97. The van der Waals surface area contributed by atoms with E-state index in [1.54, 1.807) is 12.3 Å². The summed E-state index contributed by atoms with van der Waals surface area (Å²) in [5, 5.41) is 1.62. The molecule has 0 radical (unpaired) electrons. The summed E-state index contributed by atoms with van der Waals surface area (Å²) in [6.45, 7) is 3.83. The van der Waals surface area contributed by atoms with E-state index in [0.717, 1.165) is 28.5 Å². The second-order valence-electron chi connectivity index (χ2n) is 4.15. The van der Waals surface area contributed by atoms with Crippen molar-refractivity contribution in [1.29, 1.82) is 0 Å². The quantitative estimate of drug-likeness (QED) is 0.657. The van der Waals surface area contributed by atoms with Crippen LogP contribution < -0.4 is 10.7 Å². The molecule has 0 bridgehead atoms. The molecule has 3 heteroatoms. The zero-order valence-corrected chi connectivity index (χ0v) is 10.3. The average molecular weight is 248 g/mol. The van der Waals surface area contributed by atoms with Gasteiger partial charge in [0, 0.05) is 12.3 Å². The van der Waals surface area contributed by atoms with E-state index in [2.05, 4.69) is 22.3 Å². The molecule has 0 saturated carbocycles. The average Bonchev–Trinajstić information content (AvgIpc) is 2.59. The normalized spacial score (nSPS) is 18.7. The molecule has 0 amide bonds. The van der Waals surface area contributed by atoms with Crippen molar-refractivity contribution in [1.82, 2.24) is 4.98 Å². The summed E-state index contributed by atoms with van der Waals surface area (Å²) in [5.74, 6) is 1.08. The van der Waals surface area contributed by atoms with Crippen molar-refractivity contribution < 1.29 is 4.74 Å². The molecule has 0 spiro atoms. The summed E-state index contributed by atoms with van der Waals surface area (Å²) in [5.41, 5.74) is 4.08. The molecule has 1 aliphatic heterocycles. The van der Waals surface area contributed by atoms with Gasteiger partial charge >= 0.3 is 0 Å². The van der Waals surface area contributed by atoms with Crippen LogP contribution in [-0.2, 0) is 4.74 Å². The van der Waals surface area contributed by atoms with Crippen LogP contribution >= 0.6 is 0 Å². The van der Waals surface area contributed by atoms with Crippen LogP contribution in [0.15, 0.2) is 77.2 Å². The first-order valence-electron chi connectivity index (χ1n) is 6.02. The third kappa shape index (κ3) is 2.46. The van der Waals surface area contributed by atoms with E-state index in [1.807, 2.05) is 36.4 Å². The Morgan fingerprint density at radius 2 is 2.32 bits per heavy atom. The lowest BCUT2D eigenvalue weighted by Crippen LogP contribution is -2.27. The molecule has 0 unspecified atom stereocenters. The molecule has 1 aromatic heterocycles. The molecule has 1 aliphatic carbocycles. The molecule has 2 aliphatic rings. The van der Waals surface area contributed by atoms with E-state index in [0.29, 0.717) is 5.88 Å². The predicted molar refractivity (Wildman–Crippen MR) is 73.1 cm³/mol. The van der Waals surface area contributed by atoms with Gasteiger partial charge in [0.15, 0.2) is 0 Å². The first-order valence-corrected chi connectivity index (χ1v) is 6.02. The number of hydrogen-bond donors (Lipinski definition) is 0. The lowest BCUT2D eigenvalue weighted by Gasteiger charge is -2.07. The molecule has 3 rings (SSSR count). The first kappa shape index (κ1) is 11.5. The van der Waals surface area contributed by atoms with Crippen molar-refractivity contribution in [3.8, 4) is 0 Å². The van der Waals surface area contributed by atoms with Gasteiger partial charge in [-0.15, -0.1) is 5.73 Å². The van der Waals surface area contributed by atoms with Crippen LogP contribution in [0.3, 0.4) is 0 Å². The Hall–Kier alpha value is -2.64. The molecular weight excluding hydrogens is 236 g/mol. The van der Waals surface area contributed by atoms with Crippen LogP contribution in [0.4, 0.5) is 0 Å². The van der Waals surface area contributed by atoms with Gasteiger partial charge in [0.25, 0.3) is 0 Å². The molecule has 92 valence electrons. The van der Waals surface area contributed by atoms with E-state index < -0.39 is 0 Å². The molecular formula is C16H12N2O. The molecule has 0 atom stereocenters. The topological polar surface area (TPSA) is 34.5 Å². The van der Waals surface area contributed by atoms with Gasteiger partial charge in [0.2, 0.25) is 5.88 Å². The summed E-state index contributed by atoms with van der Waals surface area (Å²) in [6, 6.07) is 3.75. The number of hydrogen-bond acceptors (Lipinski definition) is 3. The standard InChI is InChI=1S/C16H12N2O/c1-12-18-15-7-5-11-17-14(15)10-9-13-6-3-2-4-8-16(13)19-12/h2-3,5-8,10-11H,1,9H2/b14-10+,18-15?. The monoisotopic (exact) mass is 248 g/mol. The van der Waals surface area contributed by atoms with Gasteiger partial charge in [-0.1, -0.05) is 18.2 Å². The van der Waals surface area contributed by atoms with Crippen LogP contribution in [0, 0.1) is 0 Å². The Balaban J connectivity index is 2.18. The van der Waals surface area contributed by atoms with Gasteiger partial charge in [-0.2, -0.15) is 0 Å². The highest BCUT2D eigenvalue weighted by Crippen LogP contribution is 2.19. The lowest BCUT2D eigenvalue weighted by molar-refractivity contribution is 0.313. The minimum Gasteiger partial charge on any atom is -0.439 e. The second-order valence-corrected chi connectivity index (χ2v) is 4.15. The SMILES string of the molecule is C=C1N=c2cccn/c2=C/CC2=C(C=C=CC=C2)O1. The van der Waals surface area contributed by atoms with E-state index >= 15 is 0 Å². The van der Waals surface area contributed by atoms with Crippen molar-refractivity contribution in [2.75, 3.05) is 0 Å². The van der Waals surface area contributed by atoms with Gasteiger partial charge in [0.05, 0.1) is 10.7 Å². The zero-order valence-electron chi connectivity index (χ0n) is 10.3. The molecule has 0 saturated heterocycles. The summed E-state index contributed by atoms with van der Waals surface area (Å²) in [7, 11) is 0. The lowest BCUT2D eigenvalue weighted by atomic mass is 10.1. The predicted octanol–water partition coefficient (Wildman–Crippen LogP) is 1.91. The fourth-order valence-electron chi connectivity index (χ4n) is 1.93. The zero-order chi connectivity index (χ0) is 13.1. The Morgan fingerprint density at radius 1 is 1.37 bits per heavy atom. The summed E-state index contributed by atoms with van der Waals surface area (Å²) in [6.07, 6.45) is 12.1. The van der Waals surface area contributed by atoms with Crippen LogP contribution in [0.1, 0.15) is 6.42 Å². The fraction of sp³-hybridized carbons (Fsp3) is 0.0625. The number of rotatable bonds is 0. The van der Waals surface area contributed by atoms with E-state index in [9.17, 15) is 0 Å². The highest BCUT2D eigenvalue weighted by Gasteiger charge is 2.07. The molecule has 0 N–H and O–H groups in total. The summed E-state index contributed by atoms with van der Waals surface area (Å²) >= 11 is 0. The minimum atomic E-state index is 0.352. The third-order valence-electron chi connectivity index (χ3n) is 2.83. The largest absolute Gasteiger partial charge is 0.439 e. The maximum absolute atomic E-state index is 5.69. The molecule has 1 aromatic rings. The van der Waals surface area contributed by atoms with E-state index in [1.165, 1.54) is 0 Å². The van der Waals surface area contributed by atoms with Crippen LogP contribution in [0.25, 0.3) is 6.08 Å². The van der Waals surface area contributed by atoms with E-state index in [4.69, 9.17) is 4.74 Å². The van der Waals surface area contributed by atoms with Crippen molar-refractivity contribution >= 4 is 6.08 Å². The van der Waals surface area contributed by atoms with Crippen molar-refractivity contribution in [3.63, 3.8) is 0 Å². The summed E-state index contributed by atoms with van der Waals surface area (Å²) in [4.78, 5) is 8.69. The molecule has 2 heterocycles. The number of allylic oxidation sites excluding steroid dienone is 4. The fourth-order valence-corrected chi connectivity index (χ4v) is 1.93. The van der Waals surface area contributed by atoms with Gasteiger partial charge in [0.1, 0.15) is 5.76 Å². The van der Waals surface area contributed by atoms with Gasteiger partial charge < -0.3 is 4.74 Å².